The third-order valence-electron chi connectivity index (χ3n) is 3.23. The van der Waals surface area contributed by atoms with Crippen LogP contribution >= 0.6 is 0 Å². The number of benzene rings is 1. The molecule has 3 rings (SSSR count). The zero-order valence-electron chi connectivity index (χ0n) is 10.9. The Bertz CT molecular complexity index is 630. The highest BCUT2D eigenvalue weighted by molar-refractivity contribution is 5.59. The Balaban J connectivity index is 2.01. The summed E-state index contributed by atoms with van der Waals surface area (Å²) in [5, 5.41) is 12.6. The quantitative estimate of drug-likeness (QED) is 0.895. The van der Waals surface area contributed by atoms with E-state index in [2.05, 4.69) is 21.4 Å². The van der Waals surface area contributed by atoms with Gasteiger partial charge in [-0.25, -0.2) is 9.97 Å². The minimum absolute atomic E-state index is 0.111. The van der Waals surface area contributed by atoms with Gasteiger partial charge in [0.25, 0.3) is 0 Å². The van der Waals surface area contributed by atoms with E-state index in [4.69, 9.17) is 4.74 Å². The molecular formula is C15H14N4O. The molecular weight excluding hydrogens is 252 g/mol. The Hall–Kier alpha value is -2.29. The fourth-order valence-corrected chi connectivity index (χ4v) is 2.27. The zero-order valence-corrected chi connectivity index (χ0v) is 10.9. The second kappa shape index (κ2) is 5.78. The minimum atomic E-state index is 0.111. The molecule has 1 aliphatic rings. The van der Waals surface area contributed by atoms with Gasteiger partial charge >= 0.3 is 0 Å². The molecule has 1 N–H and O–H groups in total. The fraction of sp³-hybridized carbons (Fsp3) is 0.267. The number of morpholine rings is 1. The molecule has 1 unspecified atom stereocenters. The molecule has 0 aliphatic carbocycles. The van der Waals surface area contributed by atoms with Gasteiger partial charge in [-0.1, -0.05) is 0 Å². The molecule has 1 aliphatic heterocycles. The smallest absolute Gasteiger partial charge is 0.159 e. The van der Waals surface area contributed by atoms with Crippen molar-refractivity contribution in [3.63, 3.8) is 0 Å². The Morgan fingerprint density at radius 1 is 1.25 bits per heavy atom. The molecule has 0 spiro atoms. The molecule has 0 bridgehead atoms. The van der Waals surface area contributed by atoms with Crippen LogP contribution in [0.5, 0.6) is 0 Å². The topological polar surface area (TPSA) is 70.8 Å². The summed E-state index contributed by atoms with van der Waals surface area (Å²) in [5.41, 5.74) is 2.50. The van der Waals surface area contributed by atoms with Gasteiger partial charge in [-0.05, 0) is 29.8 Å². The Morgan fingerprint density at radius 2 is 2.10 bits per heavy atom. The Morgan fingerprint density at radius 3 is 2.80 bits per heavy atom. The fourth-order valence-electron chi connectivity index (χ4n) is 2.27. The molecule has 100 valence electrons. The molecule has 1 aromatic heterocycles. The number of rotatable bonds is 2. The number of ether oxygens (including phenoxy) is 1. The number of aromatic nitrogens is 2. The molecule has 5 heteroatoms. The van der Waals surface area contributed by atoms with Crippen molar-refractivity contribution in [1.82, 2.24) is 15.3 Å². The van der Waals surface area contributed by atoms with E-state index >= 15 is 0 Å². The third-order valence-corrected chi connectivity index (χ3v) is 3.23. The summed E-state index contributed by atoms with van der Waals surface area (Å²) in [6, 6.07) is 9.79. The van der Waals surface area contributed by atoms with Crippen LogP contribution < -0.4 is 5.32 Å². The van der Waals surface area contributed by atoms with Crippen molar-refractivity contribution in [2.24, 2.45) is 0 Å². The second-order valence-corrected chi connectivity index (χ2v) is 4.61. The van der Waals surface area contributed by atoms with Gasteiger partial charge in [0, 0.05) is 24.5 Å². The van der Waals surface area contributed by atoms with E-state index < -0.39 is 0 Å². The maximum Gasteiger partial charge on any atom is 0.159 e. The minimum Gasteiger partial charge on any atom is -0.378 e. The number of nitrogens with zero attached hydrogens (tertiary/aromatic N) is 3. The van der Waals surface area contributed by atoms with Crippen molar-refractivity contribution in [1.29, 1.82) is 5.26 Å². The lowest BCUT2D eigenvalue weighted by molar-refractivity contribution is 0.0769. The van der Waals surface area contributed by atoms with Crippen LogP contribution in [-0.4, -0.2) is 29.7 Å². The maximum absolute atomic E-state index is 9.19. The SMILES string of the molecule is N#Cc1cc(-c2ncccn2)cc(C2COCCN2)c1. The van der Waals surface area contributed by atoms with Crippen LogP contribution in [0.1, 0.15) is 17.2 Å². The summed E-state index contributed by atoms with van der Waals surface area (Å²) in [6.07, 6.45) is 3.39. The zero-order chi connectivity index (χ0) is 13.8. The van der Waals surface area contributed by atoms with Crippen LogP contribution in [-0.2, 0) is 4.74 Å². The first-order chi connectivity index (χ1) is 9.86. The summed E-state index contributed by atoms with van der Waals surface area (Å²) in [4.78, 5) is 8.48. The second-order valence-electron chi connectivity index (χ2n) is 4.61. The summed E-state index contributed by atoms with van der Waals surface area (Å²) in [5.74, 6) is 0.627. The van der Waals surface area contributed by atoms with Crippen LogP contribution in [0.3, 0.4) is 0 Å². The largest absolute Gasteiger partial charge is 0.378 e. The number of hydrogen-bond acceptors (Lipinski definition) is 5. The van der Waals surface area contributed by atoms with Crippen LogP contribution in [0.25, 0.3) is 11.4 Å². The van der Waals surface area contributed by atoms with Crippen LogP contribution in [0, 0.1) is 11.3 Å². The maximum atomic E-state index is 9.19. The number of hydrogen-bond donors (Lipinski definition) is 1. The predicted molar refractivity (Wildman–Crippen MR) is 73.7 cm³/mol. The standard InChI is InChI=1S/C15H14N4O/c16-9-11-6-12(14-10-20-5-4-17-14)8-13(7-11)15-18-2-1-3-19-15/h1-3,6-8,14,17H,4-5,10H2. The molecule has 0 saturated carbocycles. The predicted octanol–water partition coefficient (Wildman–Crippen LogP) is 1.68. The van der Waals surface area contributed by atoms with Gasteiger partial charge in [-0.2, -0.15) is 5.26 Å². The normalized spacial score (nSPS) is 18.4. The summed E-state index contributed by atoms with van der Waals surface area (Å²) in [7, 11) is 0. The highest BCUT2D eigenvalue weighted by atomic mass is 16.5. The van der Waals surface area contributed by atoms with Crippen molar-refractivity contribution in [3.8, 4) is 17.5 Å². The Labute approximate surface area is 117 Å². The lowest BCUT2D eigenvalue weighted by Gasteiger charge is -2.24. The van der Waals surface area contributed by atoms with E-state index in [-0.39, 0.29) is 6.04 Å². The third kappa shape index (κ3) is 2.67. The lowest BCUT2D eigenvalue weighted by Crippen LogP contribution is -2.34. The molecule has 1 atom stereocenters. The van der Waals surface area contributed by atoms with E-state index in [0.29, 0.717) is 18.0 Å². The van der Waals surface area contributed by atoms with E-state index in [1.54, 1.807) is 18.5 Å². The van der Waals surface area contributed by atoms with Crippen LogP contribution in [0.15, 0.2) is 36.7 Å². The van der Waals surface area contributed by atoms with E-state index in [1.165, 1.54) is 0 Å². The highest BCUT2D eigenvalue weighted by Crippen LogP contribution is 2.24. The molecule has 2 heterocycles. The molecule has 20 heavy (non-hydrogen) atoms. The molecule has 1 fully saturated rings. The summed E-state index contributed by atoms with van der Waals surface area (Å²) < 4.78 is 5.48. The first kappa shape index (κ1) is 12.7. The van der Waals surface area contributed by atoms with Crippen molar-refractivity contribution in [2.75, 3.05) is 19.8 Å². The number of nitriles is 1. The van der Waals surface area contributed by atoms with Gasteiger partial charge in [0.2, 0.25) is 0 Å². The van der Waals surface area contributed by atoms with Gasteiger partial charge < -0.3 is 10.1 Å². The van der Waals surface area contributed by atoms with Crippen molar-refractivity contribution < 1.29 is 4.74 Å². The van der Waals surface area contributed by atoms with Crippen LogP contribution in [0.2, 0.25) is 0 Å². The van der Waals surface area contributed by atoms with Crippen LogP contribution in [0.4, 0.5) is 0 Å². The van der Waals surface area contributed by atoms with Crippen molar-refractivity contribution >= 4 is 0 Å². The summed E-state index contributed by atoms with van der Waals surface area (Å²) in [6.45, 7) is 2.16. The lowest BCUT2D eigenvalue weighted by atomic mass is 10.00. The van der Waals surface area contributed by atoms with Crippen molar-refractivity contribution in [3.05, 3.63) is 47.8 Å². The number of nitrogens with one attached hydrogen (secondary N) is 1. The Kier molecular flexibility index (Phi) is 3.68. The van der Waals surface area contributed by atoms with Gasteiger partial charge in [0.05, 0.1) is 30.9 Å². The molecule has 0 radical (unpaired) electrons. The highest BCUT2D eigenvalue weighted by Gasteiger charge is 2.17. The van der Waals surface area contributed by atoms with Gasteiger partial charge in [0.1, 0.15) is 0 Å². The summed E-state index contributed by atoms with van der Waals surface area (Å²) >= 11 is 0. The average Bonchev–Trinajstić information content (AvgIpc) is 2.56. The first-order valence-electron chi connectivity index (χ1n) is 6.50. The van der Waals surface area contributed by atoms with Gasteiger partial charge in [-0.3, -0.25) is 0 Å². The van der Waals surface area contributed by atoms with E-state index in [0.717, 1.165) is 24.3 Å². The van der Waals surface area contributed by atoms with Gasteiger partial charge in [0.15, 0.2) is 5.82 Å². The van der Waals surface area contributed by atoms with E-state index in [1.807, 2.05) is 18.2 Å². The first-order valence-corrected chi connectivity index (χ1v) is 6.50. The molecule has 1 saturated heterocycles. The molecule has 5 nitrogen and oxygen atoms in total. The van der Waals surface area contributed by atoms with E-state index in [9.17, 15) is 5.26 Å². The molecule has 1 aromatic carbocycles. The monoisotopic (exact) mass is 266 g/mol. The average molecular weight is 266 g/mol. The molecule has 2 aromatic rings. The van der Waals surface area contributed by atoms with Gasteiger partial charge in [-0.15, -0.1) is 0 Å². The molecule has 0 amide bonds. The van der Waals surface area contributed by atoms with Crippen molar-refractivity contribution in [2.45, 2.75) is 6.04 Å².